The Labute approximate surface area is 229 Å². The minimum atomic E-state index is -0.690. The highest BCUT2D eigenvalue weighted by Crippen LogP contribution is 2.68. The van der Waals surface area contributed by atoms with Gasteiger partial charge in [0.1, 0.15) is 11.8 Å². The summed E-state index contributed by atoms with van der Waals surface area (Å²) in [5.74, 6) is -0.919. The second-order valence-corrected chi connectivity index (χ2v) is 12.0. The number of unbranched alkanes of at least 4 members (excludes halogenated alkanes) is 3. The summed E-state index contributed by atoms with van der Waals surface area (Å²) in [7, 11) is 1.60. The number of anilines is 1. The molecule has 4 rings (SSSR count). The van der Waals surface area contributed by atoms with Gasteiger partial charge in [-0.1, -0.05) is 25.8 Å². The lowest BCUT2D eigenvalue weighted by Crippen LogP contribution is -2.57. The van der Waals surface area contributed by atoms with Crippen LogP contribution in [0.15, 0.2) is 36.9 Å². The van der Waals surface area contributed by atoms with E-state index >= 15 is 0 Å². The molecular weight excluding hydrogens is 504 g/mol. The summed E-state index contributed by atoms with van der Waals surface area (Å²) in [6, 6.07) is 6.62. The third-order valence-corrected chi connectivity index (χ3v) is 10.4. The van der Waals surface area contributed by atoms with Gasteiger partial charge in [-0.05, 0) is 56.4 Å². The van der Waals surface area contributed by atoms with Crippen molar-refractivity contribution in [2.75, 3.05) is 38.3 Å². The fourth-order valence-corrected chi connectivity index (χ4v) is 9.06. The molecular formula is C29H40N2O6S. The molecule has 0 radical (unpaired) electrons. The van der Waals surface area contributed by atoms with E-state index in [4.69, 9.17) is 14.6 Å². The number of nitrogens with zero attached hydrogens (tertiary/aromatic N) is 2. The van der Waals surface area contributed by atoms with Crippen LogP contribution >= 0.6 is 11.8 Å². The summed E-state index contributed by atoms with van der Waals surface area (Å²) < 4.78 is 10.0. The Morgan fingerprint density at radius 3 is 2.58 bits per heavy atom. The summed E-state index contributed by atoms with van der Waals surface area (Å²) >= 11 is 1.66. The lowest BCUT2D eigenvalue weighted by atomic mass is 9.66. The predicted molar refractivity (Wildman–Crippen MR) is 148 cm³/mol. The van der Waals surface area contributed by atoms with Crippen LogP contribution < -0.4 is 9.64 Å². The van der Waals surface area contributed by atoms with Crippen molar-refractivity contribution >= 4 is 35.2 Å². The first-order chi connectivity index (χ1) is 18.3. The van der Waals surface area contributed by atoms with Crippen LogP contribution in [0.1, 0.15) is 46.0 Å². The van der Waals surface area contributed by atoms with E-state index in [9.17, 15) is 14.4 Å². The molecule has 38 heavy (non-hydrogen) atoms. The summed E-state index contributed by atoms with van der Waals surface area (Å²) in [6.07, 6.45) is 5.62. The molecule has 3 unspecified atom stereocenters. The van der Waals surface area contributed by atoms with Crippen LogP contribution in [0.4, 0.5) is 5.69 Å². The van der Waals surface area contributed by atoms with Crippen molar-refractivity contribution in [2.45, 2.75) is 62.0 Å². The van der Waals surface area contributed by atoms with E-state index in [2.05, 4.69) is 13.5 Å². The maximum atomic E-state index is 14.5. The molecule has 1 spiro atoms. The van der Waals surface area contributed by atoms with E-state index in [1.807, 2.05) is 24.3 Å². The van der Waals surface area contributed by atoms with E-state index in [1.54, 1.807) is 41.7 Å². The maximum absolute atomic E-state index is 14.5. The van der Waals surface area contributed by atoms with Gasteiger partial charge < -0.3 is 24.4 Å². The number of esters is 1. The SMILES string of the molecule is C=CCN(C(=O)C1N(CCCCCCO)C(=O)[C@@H]2[C@H](C(=O)OCC)[C@@H]3CC(C)C12S3)c1ccc(OC)cc1. The molecule has 0 saturated carbocycles. The number of rotatable bonds is 13. The molecule has 1 aromatic carbocycles. The molecule has 0 aromatic heterocycles. The summed E-state index contributed by atoms with van der Waals surface area (Å²) in [5, 5.41) is 9.11. The molecule has 3 saturated heterocycles. The van der Waals surface area contributed by atoms with Gasteiger partial charge in [0.25, 0.3) is 5.91 Å². The van der Waals surface area contributed by atoms with Gasteiger partial charge in [-0.25, -0.2) is 0 Å². The number of amides is 2. The Morgan fingerprint density at radius 1 is 1.24 bits per heavy atom. The molecule has 9 heteroatoms. The molecule has 1 N–H and O–H groups in total. The summed E-state index contributed by atoms with van der Waals surface area (Å²) in [6.45, 7) is 8.91. The van der Waals surface area contributed by atoms with Gasteiger partial charge in [0, 0.05) is 30.6 Å². The monoisotopic (exact) mass is 544 g/mol. The number of carbonyl (C=O) groups is 3. The summed E-state index contributed by atoms with van der Waals surface area (Å²) in [5.41, 5.74) is 0.707. The Bertz CT molecular complexity index is 1030. The zero-order chi connectivity index (χ0) is 27.4. The molecule has 3 fully saturated rings. The quantitative estimate of drug-likeness (QED) is 0.230. The first kappa shape index (κ1) is 28.5. The number of carbonyl (C=O) groups excluding carboxylic acids is 3. The molecule has 1 aromatic rings. The number of aliphatic hydroxyl groups excluding tert-OH is 1. The van der Waals surface area contributed by atoms with Crippen LogP contribution in [-0.4, -0.2) is 77.2 Å². The highest BCUT2D eigenvalue weighted by molar-refractivity contribution is 8.02. The van der Waals surface area contributed by atoms with E-state index in [-0.39, 0.29) is 42.2 Å². The third kappa shape index (κ3) is 4.83. The van der Waals surface area contributed by atoms with Crippen LogP contribution in [0.3, 0.4) is 0 Å². The van der Waals surface area contributed by atoms with Crippen LogP contribution in [0.5, 0.6) is 5.75 Å². The first-order valence-electron chi connectivity index (χ1n) is 13.7. The fraction of sp³-hybridized carbons (Fsp3) is 0.621. The number of thioether (sulfide) groups is 1. The number of likely N-dealkylation sites (tertiary alicyclic amines) is 1. The highest BCUT2D eigenvalue weighted by Gasteiger charge is 2.76. The Hall–Kier alpha value is -2.52. The standard InChI is InChI=1S/C29H40N2O6S/c1-5-15-30(20-11-13-21(36-4)14-12-20)27(34)25-29-19(3)18-22(38-29)23(28(35)37-6-2)24(29)26(33)31(25)16-9-7-8-10-17-32/h5,11-14,19,22-25,32H,1,6-10,15-18H2,2-4H3/t19?,22-,23+,24-,25?,29?/m0/s1. The zero-order valence-corrected chi connectivity index (χ0v) is 23.5. The van der Waals surface area contributed by atoms with Gasteiger partial charge in [0.15, 0.2) is 0 Å². The lowest BCUT2D eigenvalue weighted by Gasteiger charge is -2.40. The highest BCUT2D eigenvalue weighted by atomic mass is 32.2. The molecule has 2 bridgehead atoms. The molecule has 2 amide bonds. The van der Waals surface area contributed by atoms with Crippen molar-refractivity contribution in [3.05, 3.63) is 36.9 Å². The first-order valence-corrected chi connectivity index (χ1v) is 14.6. The topological polar surface area (TPSA) is 96.4 Å². The van der Waals surface area contributed by atoms with Crippen molar-refractivity contribution < 1.29 is 29.0 Å². The number of methoxy groups -OCH3 is 1. The van der Waals surface area contributed by atoms with Crippen molar-refractivity contribution in [3.8, 4) is 5.75 Å². The van der Waals surface area contributed by atoms with E-state index in [1.165, 1.54) is 0 Å². The predicted octanol–water partition coefficient (Wildman–Crippen LogP) is 3.67. The fourth-order valence-electron chi connectivity index (χ4n) is 6.66. The summed E-state index contributed by atoms with van der Waals surface area (Å²) in [4.78, 5) is 45.2. The van der Waals surface area contributed by atoms with Crippen molar-refractivity contribution in [1.82, 2.24) is 4.90 Å². The van der Waals surface area contributed by atoms with Gasteiger partial charge in [-0.15, -0.1) is 18.3 Å². The van der Waals surface area contributed by atoms with Crippen LogP contribution in [0, 0.1) is 17.8 Å². The lowest BCUT2D eigenvalue weighted by molar-refractivity contribution is -0.154. The Morgan fingerprint density at radius 2 is 1.95 bits per heavy atom. The molecule has 208 valence electrons. The molecule has 3 aliphatic rings. The van der Waals surface area contributed by atoms with E-state index in [0.29, 0.717) is 30.9 Å². The van der Waals surface area contributed by atoms with Gasteiger partial charge in [0.05, 0.1) is 30.3 Å². The average Bonchev–Trinajstić information content (AvgIpc) is 3.50. The maximum Gasteiger partial charge on any atom is 0.310 e. The minimum Gasteiger partial charge on any atom is -0.497 e. The number of hydrogen-bond donors (Lipinski definition) is 1. The number of fused-ring (bicyclic) bond motifs is 1. The van der Waals surface area contributed by atoms with Gasteiger partial charge in [-0.3, -0.25) is 14.4 Å². The number of aliphatic hydroxyl groups is 1. The van der Waals surface area contributed by atoms with Crippen LogP contribution in [0.2, 0.25) is 0 Å². The number of hydrogen-bond acceptors (Lipinski definition) is 7. The smallest absolute Gasteiger partial charge is 0.310 e. The average molecular weight is 545 g/mol. The molecule has 0 aliphatic carbocycles. The minimum absolute atomic E-state index is 0.0335. The zero-order valence-electron chi connectivity index (χ0n) is 22.6. The number of benzene rings is 1. The Kier molecular flexibility index (Phi) is 9.08. The van der Waals surface area contributed by atoms with E-state index in [0.717, 1.165) is 25.7 Å². The van der Waals surface area contributed by atoms with Crippen molar-refractivity contribution in [1.29, 1.82) is 0 Å². The largest absolute Gasteiger partial charge is 0.497 e. The normalized spacial score (nSPS) is 29.3. The van der Waals surface area contributed by atoms with Crippen molar-refractivity contribution in [2.24, 2.45) is 17.8 Å². The molecule has 6 atom stereocenters. The van der Waals surface area contributed by atoms with Gasteiger partial charge in [-0.2, -0.15) is 0 Å². The van der Waals surface area contributed by atoms with E-state index < -0.39 is 22.6 Å². The molecule has 3 heterocycles. The van der Waals surface area contributed by atoms with Gasteiger partial charge in [0.2, 0.25) is 5.91 Å². The second kappa shape index (κ2) is 12.1. The van der Waals surface area contributed by atoms with Crippen molar-refractivity contribution in [3.63, 3.8) is 0 Å². The number of ether oxygens (including phenoxy) is 2. The second-order valence-electron chi connectivity index (χ2n) is 10.4. The third-order valence-electron chi connectivity index (χ3n) is 8.31. The van der Waals surface area contributed by atoms with Crippen LogP contribution in [-0.2, 0) is 19.1 Å². The van der Waals surface area contributed by atoms with Crippen LogP contribution in [0.25, 0.3) is 0 Å². The van der Waals surface area contributed by atoms with Gasteiger partial charge >= 0.3 is 5.97 Å². The molecule has 8 nitrogen and oxygen atoms in total. The Balaban J connectivity index is 1.73. The molecule has 3 aliphatic heterocycles.